The number of aryl methyl sites for hydroxylation is 1. The van der Waals surface area contributed by atoms with E-state index in [1.807, 2.05) is 66.3 Å². The van der Waals surface area contributed by atoms with Crippen molar-refractivity contribution in [1.29, 1.82) is 0 Å². The molecule has 8 nitrogen and oxygen atoms in total. The second-order valence-corrected chi connectivity index (χ2v) is 7.77. The summed E-state index contributed by atoms with van der Waals surface area (Å²) < 4.78 is 14.8. The number of ether oxygens (including phenoxy) is 2. The van der Waals surface area contributed by atoms with E-state index in [4.69, 9.17) is 19.6 Å². The van der Waals surface area contributed by atoms with Gasteiger partial charge in [0.25, 0.3) is 0 Å². The first-order valence-electron chi connectivity index (χ1n) is 10.6. The third kappa shape index (κ3) is 4.08. The molecule has 0 amide bonds. The molecule has 0 saturated carbocycles. The van der Waals surface area contributed by atoms with Crippen LogP contribution in [0.3, 0.4) is 0 Å². The third-order valence-electron chi connectivity index (χ3n) is 5.41. The van der Waals surface area contributed by atoms with Crippen LogP contribution in [0.25, 0.3) is 22.7 Å². The SMILES string of the molecule is COCc1cnc(-c2ccccc2)n2nc(Cc3ccc(-n4cnc(C)c4)c(OC)c3)nc12. The highest BCUT2D eigenvalue weighted by Crippen LogP contribution is 2.26. The minimum absolute atomic E-state index is 0.413. The standard InChI is InChI=1S/C25H24N6O2/c1-17-14-30(16-27-17)21-10-9-18(11-22(21)33-3)12-23-28-25-20(15-32-2)13-26-24(31(25)29-23)19-7-5-4-6-8-19/h4-11,13-14,16H,12,15H2,1-3H3. The zero-order valence-electron chi connectivity index (χ0n) is 18.8. The first-order valence-corrected chi connectivity index (χ1v) is 10.6. The van der Waals surface area contributed by atoms with Crippen LogP contribution in [-0.2, 0) is 17.8 Å². The molecule has 0 aliphatic heterocycles. The molecule has 3 aromatic heterocycles. The van der Waals surface area contributed by atoms with E-state index < -0.39 is 0 Å². The molecule has 0 aliphatic carbocycles. The van der Waals surface area contributed by atoms with Crippen molar-refractivity contribution in [1.82, 2.24) is 29.1 Å². The van der Waals surface area contributed by atoms with Gasteiger partial charge >= 0.3 is 0 Å². The Morgan fingerprint density at radius 1 is 1.00 bits per heavy atom. The van der Waals surface area contributed by atoms with Gasteiger partial charge in [0.2, 0.25) is 0 Å². The van der Waals surface area contributed by atoms with Gasteiger partial charge in [0.1, 0.15) is 5.75 Å². The Hall–Kier alpha value is -4.04. The van der Waals surface area contributed by atoms with Crippen LogP contribution < -0.4 is 4.74 Å². The minimum atomic E-state index is 0.413. The molecule has 0 radical (unpaired) electrons. The van der Waals surface area contributed by atoms with Gasteiger partial charge in [-0.3, -0.25) is 0 Å². The van der Waals surface area contributed by atoms with Crippen molar-refractivity contribution in [2.75, 3.05) is 14.2 Å². The summed E-state index contributed by atoms with van der Waals surface area (Å²) in [5.74, 6) is 2.21. The van der Waals surface area contributed by atoms with E-state index in [0.29, 0.717) is 18.9 Å². The minimum Gasteiger partial charge on any atom is -0.495 e. The van der Waals surface area contributed by atoms with Crippen molar-refractivity contribution in [3.8, 4) is 22.8 Å². The van der Waals surface area contributed by atoms with Crippen molar-refractivity contribution in [2.45, 2.75) is 20.0 Å². The Morgan fingerprint density at radius 2 is 1.85 bits per heavy atom. The van der Waals surface area contributed by atoms with E-state index in [-0.39, 0.29) is 0 Å². The molecule has 0 saturated heterocycles. The molecule has 0 fully saturated rings. The summed E-state index contributed by atoms with van der Waals surface area (Å²) in [7, 11) is 3.33. The number of hydrogen-bond acceptors (Lipinski definition) is 6. The summed E-state index contributed by atoms with van der Waals surface area (Å²) in [5.41, 5.74) is 5.54. The normalized spacial score (nSPS) is 11.2. The molecule has 0 N–H and O–H groups in total. The second-order valence-electron chi connectivity index (χ2n) is 7.77. The molecule has 5 aromatic rings. The van der Waals surface area contributed by atoms with Crippen molar-refractivity contribution in [3.63, 3.8) is 0 Å². The Labute approximate surface area is 191 Å². The zero-order valence-corrected chi connectivity index (χ0v) is 18.8. The van der Waals surface area contributed by atoms with Gasteiger partial charge in [-0.1, -0.05) is 36.4 Å². The van der Waals surface area contributed by atoms with Crippen molar-refractivity contribution < 1.29 is 9.47 Å². The lowest BCUT2D eigenvalue weighted by Gasteiger charge is -2.10. The molecule has 0 aliphatic rings. The van der Waals surface area contributed by atoms with Gasteiger partial charge in [-0.05, 0) is 24.6 Å². The van der Waals surface area contributed by atoms with Gasteiger partial charge < -0.3 is 14.0 Å². The molecular formula is C25H24N6O2. The van der Waals surface area contributed by atoms with Crippen LogP contribution in [0, 0.1) is 6.92 Å². The molecule has 33 heavy (non-hydrogen) atoms. The predicted octanol–water partition coefficient (Wildman–Crippen LogP) is 4.03. The molecule has 0 atom stereocenters. The van der Waals surface area contributed by atoms with Gasteiger partial charge in [-0.25, -0.2) is 15.0 Å². The lowest BCUT2D eigenvalue weighted by Crippen LogP contribution is -2.02. The van der Waals surface area contributed by atoms with Crippen molar-refractivity contribution in [2.24, 2.45) is 0 Å². The molecular weight excluding hydrogens is 416 g/mol. The van der Waals surface area contributed by atoms with Gasteiger partial charge in [-0.2, -0.15) is 4.52 Å². The summed E-state index contributed by atoms with van der Waals surface area (Å²) in [6, 6.07) is 16.1. The van der Waals surface area contributed by atoms with Gasteiger partial charge in [0, 0.05) is 37.1 Å². The van der Waals surface area contributed by atoms with Gasteiger partial charge in [-0.15, -0.1) is 5.10 Å². The fraction of sp³-hybridized carbons (Fsp3) is 0.200. The van der Waals surface area contributed by atoms with E-state index >= 15 is 0 Å². The van der Waals surface area contributed by atoms with Crippen molar-refractivity contribution in [3.05, 3.63) is 89.9 Å². The Bertz CT molecular complexity index is 1410. The smallest absolute Gasteiger partial charge is 0.165 e. The number of fused-ring (bicyclic) bond motifs is 1. The topological polar surface area (TPSA) is 79.4 Å². The highest BCUT2D eigenvalue weighted by Gasteiger charge is 2.16. The monoisotopic (exact) mass is 440 g/mol. The lowest BCUT2D eigenvalue weighted by molar-refractivity contribution is 0.185. The highest BCUT2D eigenvalue weighted by atomic mass is 16.5. The van der Waals surface area contributed by atoms with Crippen LogP contribution in [0.1, 0.15) is 22.6 Å². The summed E-state index contributed by atoms with van der Waals surface area (Å²) in [4.78, 5) is 13.8. The average molecular weight is 441 g/mol. The van der Waals surface area contributed by atoms with E-state index in [9.17, 15) is 0 Å². The summed E-state index contributed by atoms with van der Waals surface area (Å²) in [5, 5.41) is 4.80. The van der Waals surface area contributed by atoms with Gasteiger partial charge in [0.05, 0.1) is 31.4 Å². The highest BCUT2D eigenvalue weighted by molar-refractivity contribution is 5.60. The third-order valence-corrected chi connectivity index (χ3v) is 5.41. The first kappa shape index (κ1) is 20.8. The maximum Gasteiger partial charge on any atom is 0.165 e. The van der Waals surface area contributed by atoms with Crippen LogP contribution in [0.5, 0.6) is 5.75 Å². The lowest BCUT2D eigenvalue weighted by atomic mass is 10.1. The molecule has 8 heteroatoms. The maximum absolute atomic E-state index is 5.65. The number of nitrogens with zero attached hydrogens (tertiary/aromatic N) is 6. The van der Waals surface area contributed by atoms with E-state index in [1.54, 1.807) is 25.1 Å². The summed E-state index contributed by atoms with van der Waals surface area (Å²) in [6.45, 7) is 2.37. The molecule has 5 rings (SSSR count). The molecule has 3 heterocycles. The van der Waals surface area contributed by atoms with E-state index in [0.717, 1.165) is 45.3 Å². The Morgan fingerprint density at radius 3 is 2.58 bits per heavy atom. The fourth-order valence-electron chi connectivity index (χ4n) is 3.86. The number of imidazole rings is 1. The van der Waals surface area contributed by atoms with E-state index in [2.05, 4.69) is 16.0 Å². The number of benzene rings is 2. The molecule has 166 valence electrons. The quantitative estimate of drug-likeness (QED) is 0.380. The van der Waals surface area contributed by atoms with Crippen LogP contribution in [0.2, 0.25) is 0 Å². The number of hydrogen-bond donors (Lipinski definition) is 0. The zero-order chi connectivity index (χ0) is 22.8. The van der Waals surface area contributed by atoms with Crippen LogP contribution in [0.15, 0.2) is 67.3 Å². The van der Waals surface area contributed by atoms with Gasteiger partial charge in [0.15, 0.2) is 17.3 Å². The number of rotatable bonds is 7. The van der Waals surface area contributed by atoms with Crippen molar-refractivity contribution >= 4 is 5.65 Å². The van der Waals surface area contributed by atoms with Crippen LogP contribution >= 0.6 is 0 Å². The largest absolute Gasteiger partial charge is 0.495 e. The number of methoxy groups -OCH3 is 2. The fourth-order valence-corrected chi connectivity index (χ4v) is 3.86. The van der Waals surface area contributed by atoms with Crippen LogP contribution in [-0.4, -0.2) is 43.4 Å². The maximum atomic E-state index is 5.65. The second kappa shape index (κ2) is 8.84. The Balaban J connectivity index is 1.53. The van der Waals surface area contributed by atoms with E-state index in [1.165, 1.54) is 0 Å². The molecule has 0 unspecified atom stereocenters. The average Bonchev–Trinajstić information content (AvgIpc) is 3.46. The molecule has 0 bridgehead atoms. The number of aromatic nitrogens is 6. The first-order chi connectivity index (χ1) is 16.2. The summed E-state index contributed by atoms with van der Waals surface area (Å²) in [6.07, 6.45) is 6.12. The molecule has 2 aromatic carbocycles. The predicted molar refractivity (Wildman–Crippen MR) is 125 cm³/mol. The molecule has 0 spiro atoms. The van der Waals surface area contributed by atoms with Crippen LogP contribution in [0.4, 0.5) is 0 Å². The Kier molecular flexibility index (Phi) is 5.58. The summed E-state index contributed by atoms with van der Waals surface area (Å²) >= 11 is 0.